The van der Waals surface area contributed by atoms with E-state index in [1.54, 1.807) is 69.3 Å². The second kappa shape index (κ2) is 29.4. The number of unbranched alkanes of at least 4 members (excludes halogenated alkanes) is 1. The third kappa shape index (κ3) is 19.4. The molecule has 1 saturated heterocycles. The summed E-state index contributed by atoms with van der Waals surface area (Å²) in [5, 5.41) is 8.54. The van der Waals surface area contributed by atoms with E-state index in [4.69, 9.17) is 45.8 Å². The number of carbonyl (C=O) groups excluding carboxylic acids is 8. The number of epoxide rings is 1. The lowest BCUT2D eigenvalue weighted by molar-refractivity contribution is -0.179. The summed E-state index contributed by atoms with van der Waals surface area (Å²) < 4.78 is 34.3. The third-order valence-corrected chi connectivity index (χ3v) is 14.0. The van der Waals surface area contributed by atoms with Crippen molar-refractivity contribution in [2.75, 3.05) is 13.7 Å². The van der Waals surface area contributed by atoms with E-state index in [9.17, 15) is 38.4 Å². The van der Waals surface area contributed by atoms with Crippen molar-refractivity contribution < 1.29 is 66.8 Å². The molecule has 0 bridgehead atoms. The second-order valence-corrected chi connectivity index (χ2v) is 22.0. The van der Waals surface area contributed by atoms with Crippen molar-refractivity contribution in [2.24, 2.45) is 28.9 Å². The van der Waals surface area contributed by atoms with Crippen LogP contribution in [0.15, 0.2) is 78.9 Å². The first kappa shape index (κ1) is 62.2. The van der Waals surface area contributed by atoms with Gasteiger partial charge in [-0.3, -0.25) is 33.6 Å². The zero-order chi connectivity index (χ0) is 57.3. The van der Waals surface area contributed by atoms with Crippen LogP contribution in [0.3, 0.4) is 0 Å². The predicted molar refractivity (Wildman–Crippen MR) is 290 cm³/mol. The molecule has 8 atom stereocenters. The lowest BCUT2D eigenvalue weighted by Crippen LogP contribution is -2.51. The number of cyclic esters (lactones) is 2. The normalized spacial score (nSPS) is 21.4. The first-order valence-corrected chi connectivity index (χ1v) is 27.0. The summed E-state index contributed by atoms with van der Waals surface area (Å²) in [7, 11) is 1.49. The van der Waals surface area contributed by atoms with E-state index in [0.717, 1.165) is 22.3 Å². The largest absolute Gasteiger partial charge is 0.495 e. The van der Waals surface area contributed by atoms with E-state index in [1.165, 1.54) is 13.2 Å². The molecule has 78 heavy (non-hydrogen) atoms. The minimum Gasteiger partial charge on any atom is -0.495 e. The Morgan fingerprint density at radius 1 is 0.821 bits per heavy atom. The summed E-state index contributed by atoms with van der Waals surface area (Å²) in [4.78, 5) is 105. The van der Waals surface area contributed by atoms with E-state index < -0.39 is 77.4 Å². The lowest BCUT2D eigenvalue weighted by atomic mass is 9.92. The van der Waals surface area contributed by atoms with Gasteiger partial charge in [0, 0.05) is 44.6 Å². The molecule has 2 aliphatic rings. The summed E-state index contributed by atoms with van der Waals surface area (Å²) in [5.41, 5.74) is 8.38. The molecule has 1 fully saturated rings. The average Bonchev–Trinajstić information content (AvgIpc) is 4.23. The number of hydrogen-bond acceptors (Lipinski definition) is 15. The van der Waals surface area contributed by atoms with Crippen LogP contribution < -0.4 is 26.4 Å². The van der Waals surface area contributed by atoms with Crippen LogP contribution in [-0.4, -0.2) is 97.5 Å². The van der Waals surface area contributed by atoms with Gasteiger partial charge in [0.1, 0.15) is 37.2 Å². The number of carbonyl (C=O) groups is 8. The number of hydrogen-bond donors (Lipinski definition) is 4. The maximum absolute atomic E-state index is 13.9. The summed E-state index contributed by atoms with van der Waals surface area (Å²) >= 11 is 6.37. The number of ketones is 1. The maximum atomic E-state index is 13.9. The van der Waals surface area contributed by atoms with Gasteiger partial charge in [-0.15, -0.1) is 0 Å². The van der Waals surface area contributed by atoms with E-state index in [2.05, 4.69) is 16.0 Å². The summed E-state index contributed by atoms with van der Waals surface area (Å²) in [5.74, 6) is -3.92. The minimum atomic E-state index is -1.27. The van der Waals surface area contributed by atoms with Crippen LogP contribution >= 0.6 is 11.6 Å². The number of halogens is 1. The van der Waals surface area contributed by atoms with Gasteiger partial charge in [-0.2, -0.15) is 0 Å². The molecule has 18 nitrogen and oxygen atoms in total. The van der Waals surface area contributed by atoms with Gasteiger partial charge < -0.3 is 50.1 Å². The lowest BCUT2D eigenvalue weighted by Gasteiger charge is -2.29. The Morgan fingerprint density at radius 3 is 1.99 bits per heavy atom. The summed E-state index contributed by atoms with van der Waals surface area (Å²) in [6.07, 6.45) is 1.69. The van der Waals surface area contributed by atoms with E-state index in [0.29, 0.717) is 29.2 Å². The van der Waals surface area contributed by atoms with Gasteiger partial charge in [-0.25, -0.2) is 4.79 Å². The molecule has 5 N–H and O–H groups in total. The third-order valence-electron chi connectivity index (χ3n) is 13.7. The molecule has 3 aromatic carbocycles. The van der Waals surface area contributed by atoms with Gasteiger partial charge in [0.15, 0.2) is 11.9 Å². The van der Waals surface area contributed by atoms with Gasteiger partial charge in [-0.05, 0) is 97.9 Å². The fourth-order valence-electron chi connectivity index (χ4n) is 8.44. The second-order valence-electron chi connectivity index (χ2n) is 21.6. The predicted octanol–water partition coefficient (Wildman–Crippen LogP) is 7.07. The van der Waals surface area contributed by atoms with E-state index >= 15 is 0 Å². The number of methoxy groups -OCH3 is 1. The van der Waals surface area contributed by atoms with Gasteiger partial charge >= 0.3 is 23.9 Å². The highest BCUT2D eigenvalue weighted by Gasteiger charge is 2.48. The Balaban J connectivity index is 1.09. The number of amides is 3. The Bertz CT molecular complexity index is 2600. The molecule has 0 aliphatic carbocycles. The zero-order valence-electron chi connectivity index (χ0n) is 46.2. The fourth-order valence-corrected chi connectivity index (χ4v) is 8.72. The van der Waals surface area contributed by atoms with E-state index in [1.807, 2.05) is 58.9 Å². The van der Waals surface area contributed by atoms with E-state index in [-0.39, 0.29) is 94.0 Å². The Labute approximate surface area is 462 Å². The zero-order valence-corrected chi connectivity index (χ0v) is 47.0. The molecule has 19 heteroatoms. The van der Waals surface area contributed by atoms with Crippen molar-refractivity contribution in [3.63, 3.8) is 0 Å². The highest BCUT2D eigenvalue weighted by atomic mass is 35.5. The molecule has 2 heterocycles. The van der Waals surface area contributed by atoms with Crippen molar-refractivity contribution in [1.82, 2.24) is 16.0 Å². The SMILES string of the molecule is COc1ccc(C[C@H]2NC(=O)/C=C/C[C@@H]([C@H](C)[C@H]3O[C@@H]3c3ccc(COC(=O)CCCCC(=O)OCc4ccc(CC(=O)[C@H](C)NC(=O)[C@@H](N)C(C)C)cc4)cc3)OC(=O)[C@H](CC(C)C)OC(=O)C(C)(C)CNC2=O)cc1Cl. The first-order chi connectivity index (χ1) is 36.9. The number of esters is 4. The Kier molecular flexibility index (Phi) is 23.4. The molecule has 0 unspecified atom stereocenters. The topological polar surface area (TPSA) is 257 Å². The highest BCUT2D eigenvalue weighted by molar-refractivity contribution is 6.32. The molecule has 0 spiro atoms. The first-order valence-electron chi connectivity index (χ1n) is 26.6. The molecular formula is C59H77ClN4O14. The number of rotatable bonds is 23. The highest BCUT2D eigenvalue weighted by Crippen LogP contribution is 2.45. The molecule has 424 valence electrons. The maximum Gasteiger partial charge on any atom is 0.347 e. The molecule has 0 aromatic heterocycles. The Morgan fingerprint density at radius 2 is 1.41 bits per heavy atom. The fraction of sp³-hybridized carbons (Fsp3) is 0.525. The van der Waals surface area contributed by atoms with Crippen molar-refractivity contribution in [3.05, 3.63) is 112 Å². The van der Waals surface area contributed by atoms with Crippen LogP contribution in [0.4, 0.5) is 0 Å². The van der Waals surface area contributed by atoms with Crippen molar-refractivity contribution in [3.8, 4) is 5.75 Å². The molecule has 0 radical (unpaired) electrons. The molecular weight excluding hydrogens is 1020 g/mol. The molecule has 3 amide bonds. The number of Topliss-reactive ketones (excluding diaryl/α,β-unsaturated/α-hetero) is 1. The smallest absolute Gasteiger partial charge is 0.347 e. The quantitative estimate of drug-likeness (QED) is 0.0320. The molecule has 0 saturated carbocycles. The number of ether oxygens (including phenoxy) is 6. The van der Waals surface area contributed by atoms with Crippen LogP contribution in [0, 0.1) is 23.2 Å². The van der Waals surface area contributed by atoms with Crippen molar-refractivity contribution >= 4 is 59.0 Å². The number of nitrogens with two attached hydrogens (primary N) is 1. The van der Waals surface area contributed by atoms with Gasteiger partial charge in [0.2, 0.25) is 17.7 Å². The van der Waals surface area contributed by atoms with Crippen LogP contribution in [-0.2, 0) is 88.1 Å². The Hall–Kier alpha value is -6.63. The standard InChI is InChI=1S/C59H77ClN4O14/c1-34(2)27-48-57(71)76-46(13-12-14-49(66)64-44(29-41-23-26-47(73-9)43(60)28-41)55(69)62-33-59(7,8)58(72)77-48)36(5)53-54(78-53)42-24-21-40(22-25-42)32-75-51(68)16-11-10-15-50(67)74-31-39-19-17-38(18-20-39)30-45(65)37(6)63-56(70)52(61)35(3)4/h12,14,17-26,28,34-37,44,46,48,52-54H,10-11,13,15-16,27,29-33,61H2,1-9H3,(H,62,69)(H,63,70)(H,64,66)/b14-12+/t36-,37-,44+,46-,48-,52-,53+,54+/m0/s1. The number of benzene rings is 3. The van der Waals surface area contributed by atoms with Crippen LogP contribution in [0.25, 0.3) is 0 Å². The average molecular weight is 1100 g/mol. The number of nitrogens with one attached hydrogen (secondary N) is 3. The van der Waals surface area contributed by atoms with Crippen molar-refractivity contribution in [1.29, 1.82) is 0 Å². The van der Waals surface area contributed by atoms with Crippen molar-refractivity contribution in [2.45, 2.75) is 163 Å². The van der Waals surface area contributed by atoms with Gasteiger partial charge in [-0.1, -0.05) is 107 Å². The van der Waals surface area contributed by atoms with Gasteiger partial charge in [0.25, 0.3) is 0 Å². The summed E-state index contributed by atoms with van der Waals surface area (Å²) in [6.45, 7) is 14.1. The molecule has 3 aromatic rings. The minimum absolute atomic E-state index is 0.0422. The van der Waals surface area contributed by atoms with Crippen LogP contribution in [0.2, 0.25) is 5.02 Å². The molecule has 5 rings (SSSR count). The van der Waals surface area contributed by atoms with Crippen LogP contribution in [0.1, 0.15) is 128 Å². The monoisotopic (exact) mass is 1100 g/mol. The van der Waals surface area contributed by atoms with Gasteiger partial charge in [0.05, 0.1) is 35.7 Å². The molecule has 2 aliphatic heterocycles. The van der Waals surface area contributed by atoms with Crippen LogP contribution in [0.5, 0.6) is 5.75 Å². The summed E-state index contributed by atoms with van der Waals surface area (Å²) in [6, 6.07) is 17.1.